The largest absolute Gasteiger partial charge is 0.444 e. The number of thioether (sulfide) groups is 1. The molecular weight excluding hydrogens is 282 g/mol. The smallest absolute Gasteiger partial charge is 0.407 e. The lowest BCUT2D eigenvalue weighted by Gasteiger charge is -2.27. The Kier molecular flexibility index (Phi) is 6.82. The van der Waals surface area contributed by atoms with Crippen LogP contribution >= 0.6 is 11.8 Å². The van der Waals surface area contributed by atoms with Crippen LogP contribution in [-0.4, -0.2) is 29.2 Å². The molecule has 2 atom stereocenters. The van der Waals surface area contributed by atoms with Crippen LogP contribution in [0.5, 0.6) is 0 Å². The van der Waals surface area contributed by atoms with Gasteiger partial charge < -0.3 is 10.1 Å². The second-order valence-corrected chi connectivity index (χ2v) is 6.89. The summed E-state index contributed by atoms with van der Waals surface area (Å²) in [5.41, 5.74) is 0.684. The maximum atomic E-state index is 12.0. The molecule has 0 unspecified atom stereocenters. The third-order valence-corrected chi connectivity index (χ3v) is 3.97. The van der Waals surface area contributed by atoms with Crippen molar-refractivity contribution >= 4 is 17.9 Å². The Hall–Kier alpha value is -1.42. The molecule has 0 heterocycles. The van der Waals surface area contributed by atoms with E-state index in [-0.39, 0.29) is 17.4 Å². The lowest BCUT2D eigenvalue weighted by atomic mass is 10.0. The van der Waals surface area contributed by atoms with Crippen LogP contribution in [0.15, 0.2) is 43.0 Å². The Bertz CT molecular complexity index is 454. The minimum atomic E-state index is -0.496. The number of nitrogens with one attached hydrogen (secondary N) is 1. The first kappa shape index (κ1) is 17.6. The summed E-state index contributed by atoms with van der Waals surface area (Å²) in [5, 5.41) is 3.11. The number of benzene rings is 1. The van der Waals surface area contributed by atoms with Crippen molar-refractivity contribution in [1.29, 1.82) is 0 Å². The van der Waals surface area contributed by atoms with Gasteiger partial charge in [0, 0.05) is 5.25 Å². The Labute approximate surface area is 132 Å². The van der Waals surface area contributed by atoms with Gasteiger partial charge in [-0.3, -0.25) is 0 Å². The summed E-state index contributed by atoms with van der Waals surface area (Å²) in [6, 6.07) is 10.1. The average molecular weight is 307 g/mol. The summed E-state index contributed by atoms with van der Waals surface area (Å²) in [7, 11) is 0. The zero-order chi connectivity index (χ0) is 15.9. The van der Waals surface area contributed by atoms with Crippen molar-refractivity contribution in [3.63, 3.8) is 0 Å². The first-order chi connectivity index (χ1) is 9.85. The van der Waals surface area contributed by atoms with Gasteiger partial charge in [0.25, 0.3) is 0 Å². The molecule has 1 amide bonds. The van der Waals surface area contributed by atoms with E-state index in [1.54, 1.807) is 11.8 Å². The minimum Gasteiger partial charge on any atom is -0.444 e. The molecule has 0 saturated carbocycles. The lowest BCUT2D eigenvalue weighted by Crippen LogP contribution is -2.45. The Morgan fingerprint density at radius 2 is 2.00 bits per heavy atom. The Morgan fingerprint density at radius 1 is 1.38 bits per heavy atom. The molecule has 21 heavy (non-hydrogen) atoms. The number of amides is 1. The Morgan fingerprint density at radius 3 is 2.48 bits per heavy atom. The lowest BCUT2D eigenvalue weighted by molar-refractivity contribution is 0.0506. The minimum absolute atomic E-state index is 0.0465. The second-order valence-electron chi connectivity index (χ2n) is 5.88. The SMILES string of the molecule is C=C[C@H](SC)[C@H](Cc1ccccc1)NC(=O)OC(C)(C)C. The maximum Gasteiger partial charge on any atom is 0.407 e. The van der Waals surface area contributed by atoms with Crippen LogP contribution < -0.4 is 5.32 Å². The van der Waals surface area contributed by atoms with E-state index in [0.29, 0.717) is 0 Å². The standard InChI is InChI=1S/C17H25NO2S/c1-6-15(21-5)14(12-13-10-8-7-9-11-13)18-16(19)20-17(2,3)4/h6-11,14-15H,1,12H2,2-5H3,(H,18,19)/t14-,15-/m0/s1. The summed E-state index contributed by atoms with van der Waals surface area (Å²) in [4.78, 5) is 12.0. The molecule has 0 aliphatic carbocycles. The molecule has 1 N–H and O–H groups in total. The van der Waals surface area contributed by atoms with Crippen molar-refractivity contribution in [2.75, 3.05) is 6.26 Å². The van der Waals surface area contributed by atoms with Crippen LogP contribution in [0, 0.1) is 0 Å². The van der Waals surface area contributed by atoms with Crippen molar-refractivity contribution in [2.45, 2.75) is 44.1 Å². The van der Waals surface area contributed by atoms with Gasteiger partial charge in [0.15, 0.2) is 0 Å². The highest BCUT2D eigenvalue weighted by Gasteiger charge is 2.24. The number of rotatable bonds is 6. The van der Waals surface area contributed by atoms with Gasteiger partial charge in [0.05, 0.1) is 6.04 Å². The van der Waals surface area contributed by atoms with E-state index < -0.39 is 5.60 Å². The molecular formula is C17H25NO2S. The van der Waals surface area contributed by atoms with E-state index in [9.17, 15) is 4.79 Å². The normalized spacial score (nSPS) is 14.1. The van der Waals surface area contributed by atoms with E-state index in [4.69, 9.17) is 4.74 Å². The van der Waals surface area contributed by atoms with Crippen LogP contribution in [0.25, 0.3) is 0 Å². The molecule has 0 aliphatic heterocycles. The van der Waals surface area contributed by atoms with E-state index >= 15 is 0 Å². The Balaban J connectivity index is 2.78. The van der Waals surface area contributed by atoms with E-state index in [0.717, 1.165) is 6.42 Å². The van der Waals surface area contributed by atoms with Gasteiger partial charge in [0.1, 0.15) is 5.60 Å². The van der Waals surface area contributed by atoms with Gasteiger partial charge in [0.2, 0.25) is 0 Å². The fourth-order valence-corrected chi connectivity index (χ4v) is 2.69. The number of hydrogen-bond acceptors (Lipinski definition) is 3. The van der Waals surface area contributed by atoms with Crippen LogP contribution in [0.2, 0.25) is 0 Å². The van der Waals surface area contributed by atoms with Gasteiger partial charge in [-0.1, -0.05) is 36.4 Å². The van der Waals surface area contributed by atoms with Crippen molar-refractivity contribution in [3.05, 3.63) is 48.6 Å². The van der Waals surface area contributed by atoms with Crippen LogP contribution in [-0.2, 0) is 11.2 Å². The molecule has 1 aromatic carbocycles. The zero-order valence-corrected chi connectivity index (χ0v) is 14.1. The van der Waals surface area contributed by atoms with Crippen LogP contribution in [0.1, 0.15) is 26.3 Å². The molecule has 116 valence electrons. The van der Waals surface area contributed by atoms with Gasteiger partial charge in [-0.25, -0.2) is 4.79 Å². The number of ether oxygens (including phenoxy) is 1. The van der Waals surface area contributed by atoms with Crippen molar-refractivity contribution in [3.8, 4) is 0 Å². The van der Waals surface area contributed by atoms with E-state index in [1.165, 1.54) is 5.56 Å². The summed E-state index contributed by atoms with van der Waals surface area (Å²) in [6.45, 7) is 9.44. The summed E-state index contributed by atoms with van der Waals surface area (Å²) in [5.74, 6) is 0. The molecule has 1 aromatic rings. The zero-order valence-electron chi connectivity index (χ0n) is 13.3. The quantitative estimate of drug-likeness (QED) is 0.806. The molecule has 0 aliphatic rings. The van der Waals surface area contributed by atoms with Gasteiger partial charge in [-0.2, -0.15) is 11.8 Å². The molecule has 0 bridgehead atoms. The fraction of sp³-hybridized carbons (Fsp3) is 0.471. The number of alkyl carbamates (subject to hydrolysis) is 1. The van der Waals surface area contributed by atoms with E-state index in [1.807, 2.05) is 51.3 Å². The molecule has 0 radical (unpaired) electrons. The molecule has 3 nitrogen and oxygen atoms in total. The van der Waals surface area contributed by atoms with Crippen molar-refractivity contribution < 1.29 is 9.53 Å². The number of carbonyl (C=O) groups excluding carboxylic acids is 1. The average Bonchev–Trinajstić information content (AvgIpc) is 2.39. The number of hydrogen-bond donors (Lipinski definition) is 1. The van der Waals surface area contributed by atoms with Crippen molar-refractivity contribution in [2.24, 2.45) is 0 Å². The third-order valence-electron chi connectivity index (χ3n) is 2.90. The molecule has 4 heteroatoms. The third kappa shape index (κ3) is 6.71. The highest BCUT2D eigenvalue weighted by atomic mass is 32.2. The highest BCUT2D eigenvalue weighted by Crippen LogP contribution is 2.17. The van der Waals surface area contributed by atoms with Gasteiger partial charge in [-0.15, -0.1) is 6.58 Å². The van der Waals surface area contributed by atoms with Crippen molar-refractivity contribution in [1.82, 2.24) is 5.32 Å². The molecule has 0 saturated heterocycles. The summed E-state index contributed by atoms with van der Waals surface area (Å²) in [6.07, 6.45) is 4.25. The predicted molar refractivity (Wildman–Crippen MR) is 90.8 cm³/mol. The number of carbonyl (C=O) groups is 1. The second kappa shape index (κ2) is 8.13. The molecule has 0 spiro atoms. The first-order valence-corrected chi connectivity index (χ1v) is 8.33. The monoisotopic (exact) mass is 307 g/mol. The fourth-order valence-electron chi connectivity index (χ4n) is 2.00. The molecule has 0 fully saturated rings. The van der Waals surface area contributed by atoms with Crippen LogP contribution in [0.3, 0.4) is 0 Å². The van der Waals surface area contributed by atoms with Gasteiger partial charge in [-0.05, 0) is 39.0 Å². The van der Waals surface area contributed by atoms with E-state index in [2.05, 4.69) is 24.0 Å². The molecule has 1 rings (SSSR count). The summed E-state index contributed by atoms with van der Waals surface area (Å²) >= 11 is 1.67. The highest BCUT2D eigenvalue weighted by molar-refractivity contribution is 7.99. The predicted octanol–water partition coefficient (Wildman–Crippen LogP) is 4.04. The summed E-state index contributed by atoms with van der Waals surface area (Å²) < 4.78 is 5.35. The van der Waals surface area contributed by atoms with Crippen LogP contribution in [0.4, 0.5) is 4.79 Å². The van der Waals surface area contributed by atoms with Gasteiger partial charge >= 0.3 is 6.09 Å². The molecule has 0 aromatic heterocycles. The first-order valence-electron chi connectivity index (χ1n) is 7.04. The topological polar surface area (TPSA) is 38.3 Å². The maximum absolute atomic E-state index is 12.0.